The molecule has 0 aromatic heterocycles. The average Bonchev–Trinajstić information content (AvgIpc) is 2.48. The molecule has 114 valence electrons. The minimum absolute atomic E-state index is 0.0144. The summed E-state index contributed by atoms with van der Waals surface area (Å²) < 4.78 is 0. The molecule has 1 amide bonds. The van der Waals surface area contributed by atoms with Gasteiger partial charge in [0.1, 0.15) is 0 Å². The van der Waals surface area contributed by atoms with Crippen LogP contribution in [0, 0.1) is 16.0 Å². The lowest BCUT2D eigenvalue weighted by atomic mass is 9.93. The molecule has 1 saturated heterocycles. The molecule has 1 aliphatic rings. The van der Waals surface area contributed by atoms with Crippen molar-refractivity contribution in [2.24, 2.45) is 5.92 Å². The monoisotopic (exact) mass is 292 g/mol. The van der Waals surface area contributed by atoms with Crippen LogP contribution >= 0.6 is 0 Å². The van der Waals surface area contributed by atoms with Crippen molar-refractivity contribution in [3.63, 3.8) is 0 Å². The summed E-state index contributed by atoms with van der Waals surface area (Å²) in [5.74, 6) is -0.353. The van der Waals surface area contributed by atoms with E-state index in [4.69, 9.17) is 0 Å². The summed E-state index contributed by atoms with van der Waals surface area (Å²) in [6.45, 7) is 4.66. The number of likely N-dealkylation sites (tertiary alicyclic amines) is 1. The fourth-order valence-corrected chi connectivity index (χ4v) is 2.57. The molecule has 0 spiro atoms. The van der Waals surface area contributed by atoms with Crippen LogP contribution in [0.5, 0.6) is 0 Å². The molecule has 3 atom stereocenters. The minimum atomic E-state index is -0.500. The molecule has 0 bridgehead atoms. The maximum atomic E-state index is 12.5. The molecule has 6 nitrogen and oxygen atoms in total. The van der Waals surface area contributed by atoms with Crippen LogP contribution in [0.4, 0.5) is 5.69 Å². The second kappa shape index (κ2) is 6.22. The first-order valence-electron chi connectivity index (χ1n) is 7.11. The predicted molar refractivity (Wildman–Crippen MR) is 77.9 cm³/mol. The third-order valence-electron chi connectivity index (χ3n) is 4.18. The second-order valence-corrected chi connectivity index (χ2v) is 5.69. The summed E-state index contributed by atoms with van der Waals surface area (Å²) in [5, 5.41) is 20.7. The van der Waals surface area contributed by atoms with Gasteiger partial charge in [0, 0.05) is 25.2 Å². The first kappa shape index (κ1) is 15.4. The van der Waals surface area contributed by atoms with E-state index < -0.39 is 16.9 Å². The molecule has 2 rings (SSSR count). The molecule has 1 heterocycles. The molecule has 1 fully saturated rings. The van der Waals surface area contributed by atoms with Crippen molar-refractivity contribution >= 4 is 11.6 Å². The number of piperidine rings is 1. The summed E-state index contributed by atoms with van der Waals surface area (Å²) >= 11 is 0. The maximum Gasteiger partial charge on any atom is 0.269 e. The van der Waals surface area contributed by atoms with Gasteiger partial charge in [-0.15, -0.1) is 0 Å². The molecule has 0 radical (unpaired) electrons. The van der Waals surface area contributed by atoms with E-state index in [2.05, 4.69) is 0 Å². The minimum Gasteiger partial charge on any atom is -0.391 e. The van der Waals surface area contributed by atoms with Gasteiger partial charge in [-0.3, -0.25) is 14.9 Å². The van der Waals surface area contributed by atoms with Gasteiger partial charge in [-0.2, -0.15) is 0 Å². The molecule has 6 heteroatoms. The number of carbonyl (C=O) groups is 1. The highest BCUT2D eigenvalue weighted by Crippen LogP contribution is 2.25. The topological polar surface area (TPSA) is 83.7 Å². The van der Waals surface area contributed by atoms with Crippen molar-refractivity contribution in [1.82, 2.24) is 4.90 Å². The Hall–Kier alpha value is -1.95. The fourth-order valence-electron chi connectivity index (χ4n) is 2.57. The number of nitrogens with zero attached hydrogens (tertiary/aromatic N) is 2. The molecular formula is C15H20N2O4. The second-order valence-electron chi connectivity index (χ2n) is 5.69. The Morgan fingerprint density at radius 2 is 2.24 bits per heavy atom. The van der Waals surface area contributed by atoms with Crippen molar-refractivity contribution in [1.29, 1.82) is 0 Å². The number of amides is 1. The molecule has 1 aliphatic heterocycles. The zero-order chi connectivity index (χ0) is 15.6. The Bertz CT molecular complexity index is 546. The van der Waals surface area contributed by atoms with E-state index in [1.54, 1.807) is 24.0 Å². The SMILES string of the molecule is CC(C(=O)N1CCC(C)C(O)C1)c1cccc([N+](=O)[O-])c1. The van der Waals surface area contributed by atoms with Crippen molar-refractivity contribution in [3.8, 4) is 0 Å². The first-order chi connectivity index (χ1) is 9.90. The summed E-state index contributed by atoms with van der Waals surface area (Å²) in [4.78, 5) is 24.5. The smallest absolute Gasteiger partial charge is 0.269 e. The largest absolute Gasteiger partial charge is 0.391 e. The number of nitro groups is 1. The van der Waals surface area contributed by atoms with Gasteiger partial charge in [0.15, 0.2) is 0 Å². The van der Waals surface area contributed by atoms with Crippen molar-refractivity contribution in [3.05, 3.63) is 39.9 Å². The molecule has 3 unspecified atom stereocenters. The molecule has 21 heavy (non-hydrogen) atoms. The zero-order valence-corrected chi connectivity index (χ0v) is 12.2. The van der Waals surface area contributed by atoms with Crippen molar-refractivity contribution in [2.75, 3.05) is 13.1 Å². The van der Waals surface area contributed by atoms with Gasteiger partial charge in [-0.25, -0.2) is 0 Å². The summed E-state index contributed by atoms with van der Waals surface area (Å²) in [6.07, 6.45) is 0.272. The molecule has 1 aromatic rings. The quantitative estimate of drug-likeness (QED) is 0.681. The normalized spacial score (nSPS) is 23.7. The number of non-ortho nitro benzene ring substituents is 1. The molecule has 1 aromatic carbocycles. The van der Waals surface area contributed by atoms with Gasteiger partial charge < -0.3 is 10.0 Å². The number of nitro benzene ring substituents is 1. The zero-order valence-electron chi connectivity index (χ0n) is 12.2. The number of rotatable bonds is 3. The number of hydrogen-bond donors (Lipinski definition) is 1. The van der Waals surface area contributed by atoms with Crippen LogP contribution in [0.15, 0.2) is 24.3 Å². The maximum absolute atomic E-state index is 12.5. The van der Waals surface area contributed by atoms with Gasteiger partial charge >= 0.3 is 0 Å². The Morgan fingerprint density at radius 3 is 2.86 bits per heavy atom. The third kappa shape index (κ3) is 3.39. The van der Waals surface area contributed by atoms with Gasteiger partial charge in [0.05, 0.1) is 16.9 Å². The van der Waals surface area contributed by atoms with E-state index >= 15 is 0 Å². The van der Waals surface area contributed by atoms with Crippen molar-refractivity contribution in [2.45, 2.75) is 32.3 Å². The highest BCUT2D eigenvalue weighted by Gasteiger charge is 2.30. The standard InChI is InChI=1S/C15H20N2O4/c1-10-6-7-16(9-14(10)18)15(19)11(2)12-4-3-5-13(8-12)17(20)21/h3-5,8,10-11,14,18H,6-7,9H2,1-2H3. The van der Waals surface area contributed by atoms with Crippen LogP contribution in [0.1, 0.15) is 31.7 Å². The molecular weight excluding hydrogens is 272 g/mol. The number of benzene rings is 1. The van der Waals surface area contributed by atoms with E-state index in [1.165, 1.54) is 12.1 Å². The van der Waals surface area contributed by atoms with Crippen LogP contribution in [0.25, 0.3) is 0 Å². The Balaban J connectivity index is 2.12. The van der Waals surface area contributed by atoms with Crippen LogP contribution in [0.2, 0.25) is 0 Å². The average molecular weight is 292 g/mol. The van der Waals surface area contributed by atoms with Gasteiger partial charge in [0.25, 0.3) is 5.69 Å². The lowest BCUT2D eigenvalue weighted by molar-refractivity contribution is -0.384. The Labute approximate surface area is 123 Å². The van der Waals surface area contributed by atoms with E-state index in [0.29, 0.717) is 18.7 Å². The summed E-state index contributed by atoms with van der Waals surface area (Å²) in [5.41, 5.74) is 0.613. The number of hydrogen-bond acceptors (Lipinski definition) is 4. The third-order valence-corrected chi connectivity index (χ3v) is 4.18. The number of β-amino-alcohol motifs (C(OH)–C–C–N with tert-alkyl or cyclic N) is 1. The number of aliphatic hydroxyl groups is 1. The molecule has 0 saturated carbocycles. The highest BCUT2D eigenvalue weighted by molar-refractivity contribution is 5.83. The molecule has 1 N–H and O–H groups in total. The van der Waals surface area contributed by atoms with E-state index in [-0.39, 0.29) is 17.5 Å². The van der Waals surface area contributed by atoms with Gasteiger partial charge in [0.2, 0.25) is 5.91 Å². The van der Waals surface area contributed by atoms with Crippen LogP contribution in [0.3, 0.4) is 0 Å². The van der Waals surface area contributed by atoms with Gasteiger partial charge in [-0.1, -0.05) is 19.1 Å². The number of aliphatic hydroxyl groups excluding tert-OH is 1. The number of carbonyl (C=O) groups excluding carboxylic acids is 1. The lowest BCUT2D eigenvalue weighted by Crippen LogP contribution is -2.47. The lowest BCUT2D eigenvalue weighted by Gasteiger charge is -2.35. The highest BCUT2D eigenvalue weighted by atomic mass is 16.6. The fraction of sp³-hybridized carbons (Fsp3) is 0.533. The van der Waals surface area contributed by atoms with Crippen LogP contribution in [-0.4, -0.2) is 40.0 Å². The van der Waals surface area contributed by atoms with E-state index in [1.807, 2.05) is 6.92 Å². The van der Waals surface area contributed by atoms with Crippen LogP contribution < -0.4 is 0 Å². The Kier molecular flexibility index (Phi) is 4.57. The van der Waals surface area contributed by atoms with E-state index in [0.717, 1.165) is 6.42 Å². The first-order valence-corrected chi connectivity index (χ1v) is 7.11. The summed E-state index contributed by atoms with van der Waals surface area (Å²) in [7, 11) is 0. The van der Waals surface area contributed by atoms with Crippen LogP contribution in [-0.2, 0) is 4.79 Å². The Morgan fingerprint density at radius 1 is 1.52 bits per heavy atom. The van der Waals surface area contributed by atoms with Crippen molar-refractivity contribution < 1.29 is 14.8 Å². The summed E-state index contributed by atoms with van der Waals surface area (Å²) in [6, 6.07) is 6.15. The van der Waals surface area contributed by atoms with E-state index in [9.17, 15) is 20.0 Å². The predicted octanol–water partition coefficient (Wildman–Crippen LogP) is 1.93. The van der Waals surface area contributed by atoms with Gasteiger partial charge in [-0.05, 0) is 24.8 Å². The molecule has 0 aliphatic carbocycles.